The maximum absolute atomic E-state index is 2.49. The van der Waals surface area contributed by atoms with Crippen LogP contribution in [0.3, 0.4) is 0 Å². The molecule has 0 heterocycles. The Morgan fingerprint density at radius 2 is 2.20 bits per heavy atom. The van der Waals surface area contributed by atoms with Gasteiger partial charge in [-0.05, 0) is 37.0 Å². The van der Waals surface area contributed by atoms with Crippen LogP contribution in [0.5, 0.6) is 0 Å². The van der Waals surface area contributed by atoms with Crippen molar-refractivity contribution in [3.8, 4) is 0 Å². The van der Waals surface area contributed by atoms with Crippen molar-refractivity contribution in [1.29, 1.82) is 0 Å². The van der Waals surface area contributed by atoms with Gasteiger partial charge in [-0.25, -0.2) is 0 Å². The van der Waals surface area contributed by atoms with Gasteiger partial charge in [0.05, 0.1) is 0 Å². The van der Waals surface area contributed by atoms with E-state index in [1.54, 1.807) is 5.57 Å². The van der Waals surface area contributed by atoms with E-state index in [2.05, 4.69) is 26.8 Å². The molecule has 0 amide bonds. The highest BCUT2D eigenvalue weighted by atomic mass is 14.5. The van der Waals surface area contributed by atoms with Crippen molar-refractivity contribution in [2.75, 3.05) is 0 Å². The zero-order valence-electron chi connectivity index (χ0n) is 7.15. The first kappa shape index (κ1) is 6.45. The number of fused-ring (bicyclic) bond motifs is 1. The summed E-state index contributed by atoms with van der Waals surface area (Å²) in [6.07, 6.45) is 5.31. The van der Waals surface area contributed by atoms with E-state index in [0.29, 0.717) is 5.41 Å². The Kier molecular flexibility index (Phi) is 1.07. The van der Waals surface area contributed by atoms with E-state index >= 15 is 0 Å². The first-order chi connectivity index (χ1) is 4.60. The normalized spacial score (nSPS) is 42.1. The molecule has 2 bridgehead atoms. The van der Waals surface area contributed by atoms with Gasteiger partial charge in [0.1, 0.15) is 0 Å². The van der Waals surface area contributed by atoms with Crippen LogP contribution in [0, 0.1) is 17.3 Å². The predicted molar refractivity (Wildman–Crippen MR) is 43.8 cm³/mol. The molecule has 0 saturated heterocycles. The Morgan fingerprint density at radius 1 is 1.50 bits per heavy atom. The topological polar surface area (TPSA) is 0 Å². The van der Waals surface area contributed by atoms with Crippen LogP contribution in [0.1, 0.15) is 33.6 Å². The molecular formula is C10H16. The molecule has 0 aliphatic heterocycles. The molecule has 3 aliphatic rings. The summed E-state index contributed by atoms with van der Waals surface area (Å²) in [7, 11) is 0. The number of rotatable bonds is 0. The first-order valence-electron chi connectivity index (χ1n) is 4.28. The van der Waals surface area contributed by atoms with Gasteiger partial charge in [0, 0.05) is 0 Å². The van der Waals surface area contributed by atoms with E-state index in [0.717, 1.165) is 11.8 Å². The van der Waals surface area contributed by atoms with Gasteiger partial charge >= 0.3 is 0 Å². The summed E-state index contributed by atoms with van der Waals surface area (Å²) in [6.45, 7) is 7.10. The van der Waals surface area contributed by atoms with Crippen molar-refractivity contribution >= 4 is 0 Å². The van der Waals surface area contributed by atoms with Crippen molar-refractivity contribution in [2.45, 2.75) is 33.6 Å². The molecule has 3 rings (SSSR count). The Bertz CT molecular complexity index is 186. The second-order valence-corrected chi connectivity index (χ2v) is 4.58. The fourth-order valence-corrected chi connectivity index (χ4v) is 2.49. The molecule has 0 N–H and O–H groups in total. The van der Waals surface area contributed by atoms with Crippen LogP contribution in [0.25, 0.3) is 0 Å². The average Bonchev–Trinajstić information content (AvgIpc) is 1.87. The van der Waals surface area contributed by atoms with Gasteiger partial charge in [-0.1, -0.05) is 25.5 Å². The molecule has 1 fully saturated rings. The van der Waals surface area contributed by atoms with E-state index in [1.807, 2.05) is 0 Å². The van der Waals surface area contributed by atoms with Crippen molar-refractivity contribution in [3.05, 3.63) is 11.6 Å². The Labute approximate surface area is 63.3 Å². The lowest BCUT2D eigenvalue weighted by molar-refractivity contribution is -0.000651. The highest BCUT2D eigenvalue weighted by Gasteiger charge is 2.48. The van der Waals surface area contributed by atoms with E-state index in [-0.39, 0.29) is 0 Å². The predicted octanol–water partition coefficient (Wildman–Crippen LogP) is 3.00. The number of hydrogen-bond acceptors (Lipinski definition) is 0. The minimum Gasteiger partial charge on any atom is -0.0819 e. The molecular weight excluding hydrogens is 120 g/mol. The Morgan fingerprint density at radius 3 is 2.50 bits per heavy atom. The third-order valence-electron chi connectivity index (χ3n) is 3.60. The highest BCUT2D eigenvalue weighted by molar-refractivity contribution is 5.19. The minimum atomic E-state index is 0.638. The summed E-state index contributed by atoms with van der Waals surface area (Å²) in [5, 5.41) is 0. The second kappa shape index (κ2) is 1.66. The van der Waals surface area contributed by atoms with Crippen LogP contribution in [0.4, 0.5) is 0 Å². The van der Waals surface area contributed by atoms with Gasteiger partial charge in [0.15, 0.2) is 0 Å². The first-order valence-corrected chi connectivity index (χ1v) is 4.28. The van der Waals surface area contributed by atoms with Gasteiger partial charge in [0.25, 0.3) is 0 Å². The maximum Gasteiger partial charge on any atom is -0.0174 e. The lowest BCUT2D eigenvalue weighted by atomic mass is 9.50. The molecule has 0 heteroatoms. The van der Waals surface area contributed by atoms with Crippen LogP contribution >= 0.6 is 0 Å². The van der Waals surface area contributed by atoms with Gasteiger partial charge in [-0.15, -0.1) is 0 Å². The summed E-state index contributed by atoms with van der Waals surface area (Å²) in [5.74, 6) is 1.91. The summed E-state index contributed by atoms with van der Waals surface area (Å²) < 4.78 is 0. The van der Waals surface area contributed by atoms with Gasteiger partial charge in [-0.2, -0.15) is 0 Å². The minimum absolute atomic E-state index is 0.638. The quantitative estimate of drug-likeness (QED) is 0.449. The molecule has 0 aromatic heterocycles. The van der Waals surface area contributed by atoms with Crippen LogP contribution in [0.2, 0.25) is 0 Å². The second-order valence-electron chi connectivity index (χ2n) is 4.58. The summed E-state index contributed by atoms with van der Waals surface area (Å²) >= 11 is 0. The molecule has 3 aliphatic carbocycles. The third-order valence-corrected chi connectivity index (χ3v) is 3.60. The van der Waals surface area contributed by atoms with Crippen LogP contribution in [-0.2, 0) is 0 Å². The summed E-state index contributed by atoms with van der Waals surface area (Å²) in [6, 6.07) is 0. The van der Waals surface area contributed by atoms with E-state index < -0.39 is 0 Å². The molecule has 0 aromatic rings. The van der Waals surface area contributed by atoms with Gasteiger partial charge < -0.3 is 0 Å². The smallest absolute Gasteiger partial charge is 0.0174 e. The third kappa shape index (κ3) is 0.624. The number of hydrogen-bond donors (Lipinski definition) is 0. The molecule has 56 valence electrons. The summed E-state index contributed by atoms with van der Waals surface area (Å²) in [5.41, 5.74) is 2.26. The fraction of sp³-hybridized carbons (Fsp3) is 0.800. The largest absolute Gasteiger partial charge is 0.0819 e. The fourth-order valence-electron chi connectivity index (χ4n) is 2.49. The lowest BCUT2D eigenvalue weighted by Gasteiger charge is -2.55. The van der Waals surface area contributed by atoms with Crippen LogP contribution in [0.15, 0.2) is 11.6 Å². The standard InChI is InChI=1S/C10H16/c1-7-4-8-6-9(5-7)10(8,2)3/h4,8-9H,5-6H2,1-3H3. The van der Waals surface area contributed by atoms with Crippen molar-refractivity contribution in [2.24, 2.45) is 17.3 Å². The molecule has 0 nitrogen and oxygen atoms in total. The zero-order chi connectivity index (χ0) is 7.35. The van der Waals surface area contributed by atoms with Gasteiger partial charge in [-0.3, -0.25) is 0 Å². The monoisotopic (exact) mass is 136 g/mol. The molecule has 1 saturated carbocycles. The van der Waals surface area contributed by atoms with Gasteiger partial charge in [0.2, 0.25) is 0 Å². The maximum atomic E-state index is 2.49. The van der Waals surface area contributed by atoms with E-state index in [9.17, 15) is 0 Å². The Hall–Kier alpha value is -0.260. The summed E-state index contributed by atoms with van der Waals surface area (Å²) in [4.78, 5) is 0. The van der Waals surface area contributed by atoms with Crippen molar-refractivity contribution in [1.82, 2.24) is 0 Å². The van der Waals surface area contributed by atoms with Crippen molar-refractivity contribution in [3.63, 3.8) is 0 Å². The van der Waals surface area contributed by atoms with E-state index in [1.165, 1.54) is 12.8 Å². The molecule has 10 heavy (non-hydrogen) atoms. The Balaban J connectivity index is 2.26. The molecule has 2 unspecified atom stereocenters. The SMILES string of the molecule is CC1=CC2CC(C1)C2(C)C. The lowest BCUT2D eigenvalue weighted by Crippen LogP contribution is -2.46. The highest BCUT2D eigenvalue weighted by Crippen LogP contribution is 2.57. The molecule has 0 aromatic carbocycles. The molecule has 2 atom stereocenters. The van der Waals surface area contributed by atoms with Crippen LogP contribution in [-0.4, -0.2) is 0 Å². The van der Waals surface area contributed by atoms with E-state index in [4.69, 9.17) is 0 Å². The average molecular weight is 136 g/mol. The molecule has 0 radical (unpaired) electrons. The van der Waals surface area contributed by atoms with Crippen molar-refractivity contribution < 1.29 is 0 Å². The number of allylic oxidation sites excluding steroid dienone is 2. The molecule has 0 spiro atoms. The zero-order valence-corrected chi connectivity index (χ0v) is 7.15. The van der Waals surface area contributed by atoms with Crippen LogP contribution < -0.4 is 0 Å².